The molecule has 2 aromatic rings. The number of amides is 2. The van der Waals surface area contributed by atoms with E-state index in [0.717, 1.165) is 42.8 Å². The van der Waals surface area contributed by atoms with Crippen molar-refractivity contribution in [3.63, 3.8) is 0 Å². The molecule has 2 heterocycles. The van der Waals surface area contributed by atoms with Gasteiger partial charge in [-0.25, -0.2) is 13.1 Å². The number of allylic oxidation sites excluding steroid dienone is 1. The average molecular weight is 698 g/mol. The normalized spacial score (nSPS) is 29.6. The fourth-order valence-electron chi connectivity index (χ4n) is 7.89. The van der Waals surface area contributed by atoms with Gasteiger partial charge in [0.1, 0.15) is 11.9 Å². The standard InChI is InChI=1S/C37H48ClN3O6S/c1-5-32(36(43)40(3)4)47-33-11-7-6-9-24(2)48(44,45)39-35(42)26-13-17-34-31(20-26)41(21-27-12-15-29(27)33)22-37(23-46-34)18-8-10-25-19-28(38)14-16-30(25)37/h7,11,13-14,16-17,19-20,24,27,29,32-33H,5-6,8-10,12,15,18,21-23H2,1-4H3,(H,39,42)/b11-7+/t24-,27+,29-,32+,33+,37+/m1/s1. The van der Waals surface area contributed by atoms with Crippen LogP contribution in [0.5, 0.6) is 5.75 Å². The molecule has 0 saturated heterocycles. The zero-order valence-electron chi connectivity index (χ0n) is 28.4. The van der Waals surface area contributed by atoms with Crippen molar-refractivity contribution < 1.29 is 27.5 Å². The number of hydrogen-bond donors (Lipinski definition) is 1. The number of aryl methyl sites for hydroxylation is 1. The molecule has 2 amide bonds. The van der Waals surface area contributed by atoms with Crippen LogP contribution in [0.2, 0.25) is 5.02 Å². The van der Waals surface area contributed by atoms with Gasteiger partial charge in [-0.3, -0.25) is 9.59 Å². The largest absolute Gasteiger partial charge is 0.490 e. The Bertz CT molecular complexity index is 1680. The van der Waals surface area contributed by atoms with E-state index in [0.29, 0.717) is 44.7 Å². The molecule has 1 N–H and O–H groups in total. The number of carbonyl (C=O) groups is 2. The van der Waals surface area contributed by atoms with E-state index in [-0.39, 0.29) is 34.8 Å². The minimum Gasteiger partial charge on any atom is -0.490 e. The first-order valence-electron chi connectivity index (χ1n) is 17.3. The van der Waals surface area contributed by atoms with Gasteiger partial charge >= 0.3 is 0 Å². The first-order chi connectivity index (χ1) is 22.9. The molecule has 2 bridgehead atoms. The Morgan fingerprint density at radius 3 is 2.73 bits per heavy atom. The zero-order valence-corrected chi connectivity index (χ0v) is 30.0. The number of sulfonamides is 1. The number of benzene rings is 2. The van der Waals surface area contributed by atoms with Crippen LogP contribution in [0, 0.1) is 11.8 Å². The van der Waals surface area contributed by atoms with Gasteiger partial charge in [-0.15, -0.1) is 0 Å². The van der Waals surface area contributed by atoms with Crippen LogP contribution in [0.25, 0.3) is 0 Å². The number of halogens is 1. The minimum absolute atomic E-state index is 0.0616. The summed E-state index contributed by atoms with van der Waals surface area (Å²) in [6.45, 7) is 5.45. The summed E-state index contributed by atoms with van der Waals surface area (Å²) in [4.78, 5) is 30.4. The number of hydrogen-bond acceptors (Lipinski definition) is 7. The molecule has 1 fully saturated rings. The Morgan fingerprint density at radius 1 is 1.19 bits per heavy atom. The van der Waals surface area contributed by atoms with Crippen molar-refractivity contribution in [2.75, 3.05) is 38.7 Å². The van der Waals surface area contributed by atoms with Gasteiger partial charge in [0.2, 0.25) is 10.0 Å². The van der Waals surface area contributed by atoms with Crippen LogP contribution < -0.4 is 14.4 Å². The highest BCUT2D eigenvalue weighted by molar-refractivity contribution is 7.90. The summed E-state index contributed by atoms with van der Waals surface area (Å²) in [5, 5.41) is -0.0583. The summed E-state index contributed by atoms with van der Waals surface area (Å²) in [7, 11) is -0.431. The van der Waals surface area contributed by atoms with Gasteiger partial charge in [-0.05, 0) is 112 Å². The monoisotopic (exact) mass is 697 g/mol. The second kappa shape index (κ2) is 14.0. The molecular formula is C37H48ClN3O6S. The SMILES string of the molecule is CC[C@H](O[C@H]1/C=C/CC[C@@H](C)S(=O)(=O)NC(=O)c2ccc3c(c2)N(C[C@@H]2CC[C@H]21)C[C@@]1(CCCc2cc(Cl)ccc21)CO3)C(=O)N(C)C. The van der Waals surface area contributed by atoms with E-state index >= 15 is 0 Å². The van der Waals surface area contributed by atoms with Crippen LogP contribution >= 0.6 is 11.6 Å². The second-order valence-electron chi connectivity index (χ2n) is 14.3. The number of likely N-dealkylation sites (N-methyl/N-ethyl adjacent to an activating group) is 1. The van der Waals surface area contributed by atoms with Crippen molar-refractivity contribution >= 4 is 39.1 Å². The van der Waals surface area contributed by atoms with Gasteiger partial charge in [0.05, 0.1) is 23.6 Å². The smallest absolute Gasteiger partial charge is 0.264 e. The maximum atomic E-state index is 13.4. The van der Waals surface area contributed by atoms with Crippen molar-refractivity contribution in [1.82, 2.24) is 9.62 Å². The highest BCUT2D eigenvalue weighted by Gasteiger charge is 2.45. The molecule has 1 spiro atoms. The molecule has 0 unspecified atom stereocenters. The molecule has 6 atom stereocenters. The number of rotatable bonds is 4. The maximum absolute atomic E-state index is 13.4. The van der Waals surface area contributed by atoms with Gasteiger partial charge in [0, 0.05) is 43.2 Å². The van der Waals surface area contributed by atoms with Crippen LogP contribution in [0.4, 0.5) is 5.69 Å². The lowest BCUT2D eigenvalue weighted by molar-refractivity contribution is -0.148. The second-order valence-corrected chi connectivity index (χ2v) is 16.8. The van der Waals surface area contributed by atoms with Gasteiger partial charge < -0.3 is 19.3 Å². The highest BCUT2D eigenvalue weighted by Crippen LogP contribution is 2.47. The molecule has 0 radical (unpaired) electrons. The topological polar surface area (TPSA) is 105 Å². The van der Waals surface area contributed by atoms with Gasteiger partial charge in [-0.2, -0.15) is 0 Å². The fraction of sp³-hybridized carbons (Fsp3) is 0.568. The zero-order chi connectivity index (χ0) is 34.2. The predicted molar refractivity (Wildman–Crippen MR) is 188 cm³/mol. The molecule has 2 aliphatic carbocycles. The third-order valence-electron chi connectivity index (χ3n) is 10.9. The Kier molecular flexibility index (Phi) is 10.2. The molecule has 2 aliphatic heterocycles. The van der Waals surface area contributed by atoms with E-state index in [1.165, 1.54) is 11.1 Å². The maximum Gasteiger partial charge on any atom is 0.264 e. The minimum atomic E-state index is -3.92. The number of ether oxygens (including phenoxy) is 2. The first kappa shape index (κ1) is 34.8. The Labute approximate surface area is 290 Å². The lowest BCUT2D eigenvalue weighted by atomic mass is 9.68. The molecule has 6 rings (SSSR count). The summed E-state index contributed by atoms with van der Waals surface area (Å²) < 4.78 is 42.0. The third-order valence-corrected chi connectivity index (χ3v) is 12.9. The molecule has 11 heteroatoms. The van der Waals surface area contributed by atoms with Crippen LogP contribution in [0.15, 0.2) is 48.6 Å². The lowest BCUT2D eigenvalue weighted by Gasteiger charge is -2.46. The number of nitrogens with one attached hydrogen (secondary N) is 1. The Hall–Kier alpha value is -3.08. The summed E-state index contributed by atoms with van der Waals surface area (Å²) in [6, 6.07) is 11.4. The van der Waals surface area contributed by atoms with Crippen LogP contribution in [0.1, 0.15) is 80.3 Å². The molecule has 2 aromatic carbocycles. The molecule has 4 aliphatic rings. The lowest BCUT2D eigenvalue weighted by Crippen LogP contribution is -2.50. The average Bonchev–Trinajstić information content (AvgIpc) is 3.19. The van der Waals surface area contributed by atoms with E-state index in [9.17, 15) is 18.0 Å². The fourth-order valence-corrected chi connectivity index (χ4v) is 9.11. The van der Waals surface area contributed by atoms with Crippen molar-refractivity contribution in [2.24, 2.45) is 11.8 Å². The van der Waals surface area contributed by atoms with E-state index in [4.69, 9.17) is 21.1 Å². The molecule has 1 saturated carbocycles. The number of carbonyl (C=O) groups excluding carboxylic acids is 2. The molecule has 260 valence electrons. The quantitative estimate of drug-likeness (QED) is 0.398. The van der Waals surface area contributed by atoms with E-state index in [1.54, 1.807) is 44.1 Å². The van der Waals surface area contributed by atoms with Crippen molar-refractivity contribution in [3.8, 4) is 5.75 Å². The molecular weight excluding hydrogens is 650 g/mol. The van der Waals surface area contributed by atoms with Gasteiger partial charge in [-0.1, -0.05) is 36.7 Å². The molecule has 9 nitrogen and oxygen atoms in total. The van der Waals surface area contributed by atoms with Crippen LogP contribution in [-0.4, -0.2) is 76.4 Å². The van der Waals surface area contributed by atoms with Crippen molar-refractivity contribution in [2.45, 2.75) is 88.1 Å². The molecule has 0 aromatic heterocycles. The van der Waals surface area contributed by atoms with E-state index in [1.807, 2.05) is 25.1 Å². The summed E-state index contributed by atoms with van der Waals surface area (Å²) in [6.07, 6.45) is 9.44. The van der Waals surface area contributed by atoms with Gasteiger partial charge in [0.15, 0.2) is 0 Å². The first-order valence-corrected chi connectivity index (χ1v) is 19.2. The number of nitrogens with zero attached hydrogens (tertiary/aromatic N) is 2. The van der Waals surface area contributed by atoms with E-state index in [2.05, 4.69) is 21.8 Å². The van der Waals surface area contributed by atoms with Crippen LogP contribution in [0.3, 0.4) is 0 Å². The summed E-state index contributed by atoms with van der Waals surface area (Å²) in [5.74, 6) is 0.413. The number of fused-ring (bicyclic) bond motifs is 4. The third kappa shape index (κ3) is 6.98. The predicted octanol–water partition coefficient (Wildman–Crippen LogP) is 5.89. The summed E-state index contributed by atoms with van der Waals surface area (Å²) >= 11 is 6.44. The van der Waals surface area contributed by atoms with Crippen molar-refractivity contribution in [3.05, 3.63) is 70.3 Å². The Morgan fingerprint density at radius 2 is 2.00 bits per heavy atom. The van der Waals surface area contributed by atoms with Crippen molar-refractivity contribution in [1.29, 1.82) is 0 Å². The number of anilines is 1. The van der Waals surface area contributed by atoms with Crippen LogP contribution in [-0.2, 0) is 31.4 Å². The highest BCUT2D eigenvalue weighted by atomic mass is 35.5. The Balaban J connectivity index is 1.41. The summed E-state index contributed by atoms with van der Waals surface area (Å²) in [5.41, 5.74) is 3.26. The van der Waals surface area contributed by atoms with E-state index < -0.39 is 27.3 Å². The molecule has 48 heavy (non-hydrogen) atoms. The van der Waals surface area contributed by atoms with Gasteiger partial charge in [0.25, 0.3) is 11.8 Å².